The summed E-state index contributed by atoms with van der Waals surface area (Å²) in [4.78, 5) is 0. The number of rotatable bonds is 4. The quantitative estimate of drug-likeness (QED) is 0.814. The lowest BCUT2D eigenvalue weighted by Crippen LogP contribution is -2.31. The molecule has 2 N–H and O–H groups in total. The van der Waals surface area contributed by atoms with Crippen LogP contribution < -0.4 is 10.2 Å². The largest absolute Gasteiger partial charge is 0.492 e. The topological polar surface area (TPSA) is 73.5 Å². The van der Waals surface area contributed by atoms with Crippen molar-refractivity contribution in [3.63, 3.8) is 0 Å². The van der Waals surface area contributed by atoms with E-state index in [1.165, 1.54) is 0 Å². The minimum atomic E-state index is -1.56. The smallest absolute Gasteiger partial charge is 0.489 e. The van der Waals surface area contributed by atoms with Crippen LogP contribution in [0, 0.1) is 18.3 Å². The SMILES string of the molecule is Cc1cc(C#N)ccc1COc1ccccc1B(O)O. The molecule has 0 fully saturated rings. The highest BCUT2D eigenvalue weighted by Crippen LogP contribution is 2.14. The van der Waals surface area contributed by atoms with Crippen LogP contribution in [0.4, 0.5) is 0 Å². The van der Waals surface area contributed by atoms with E-state index >= 15 is 0 Å². The van der Waals surface area contributed by atoms with Gasteiger partial charge in [-0.05, 0) is 36.2 Å². The zero-order valence-electron chi connectivity index (χ0n) is 11.1. The summed E-state index contributed by atoms with van der Waals surface area (Å²) in [7, 11) is -1.56. The first-order valence-electron chi connectivity index (χ1n) is 6.19. The second-order valence-corrected chi connectivity index (χ2v) is 4.45. The number of ether oxygens (including phenoxy) is 1. The minimum Gasteiger partial charge on any atom is -0.489 e. The van der Waals surface area contributed by atoms with E-state index in [9.17, 15) is 10.0 Å². The van der Waals surface area contributed by atoms with Gasteiger partial charge in [-0.2, -0.15) is 5.26 Å². The zero-order chi connectivity index (χ0) is 14.5. The first-order valence-corrected chi connectivity index (χ1v) is 6.19. The maximum Gasteiger partial charge on any atom is 0.492 e. The van der Waals surface area contributed by atoms with E-state index in [2.05, 4.69) is 6.07 Å². The van der Waals surface area contributed by atoms with E-state index in [1.54, 1.807) is 36.4 Å². The van der Waals surface area contributed by atoms with Crippen LogP contribution in [0.3, 0.4) is 0 Å². The van der Waals surface area contributed by atoms with Gasteiger partial charge in [-0.1, -0.05) is 24.3 Å². The molecule has 0 heterocycles. The molecule has 0 saturated carbocycles. The van der Waals surface area contributed by atoms with Crippen LogP contribution in [-0.2, 0) is 6.61 Å². The van der Waals surface area contributed by atoms with Crippen molar-refractivity contribution in [1.29, 1.82) is 5.26 Å². The Morgan fingerprint density at radius 3 is 2.60 bits per heavy atom. The highest BCUT2D eigenvalue weighted by atomic mass is 16.5. The summed E-state index contributed by atoms with van der Waals surface area (Å²) in [6, 6.07) is 14.2. The molecule has 20 heavy (non-hydrogen) atoms. The Hall–Kier alpha value is -2.29. The maximum atomic E-state index is 9.26. The van der Waals surface area contributed by atoms with Crippen molar-refractivity contribution in [1.82, 2.24) is 0 Å². The van der Waals surface area contributed by atoms with Crippen LogP contribution >= 0.6 is 0 Å². The fourth-order valence-electron chi connectivity index (χ4n) is 1.91. The molecule has 100 valence electrons. The number of nitriles is 1. The first-order chi connectivity index (χ1) is 9.61. The van der Waals surface area contributed by atoms with Crippen molar-refractivity contribution in [2.24, 2.45) is 0 Å². The van der Waals surface area contributed by atoms with Crippen LogP contribution in [-0.4, -0.2) is 17.2 Å². The molecule has 0 bridgehead atoms. The Morgan fingerprint density at radius 2 is 1.95 bits per heavy atom. The van der Waals surface area contributed by atoms with Crippen LogP contribution in [0.25, 0.3) is 0 Å². The Labute approximate surface area is 118 Å². The van der Waals surface area contributed by atoms with E-state index in [0.717, 1.165) is 11.1 Å². The molecular formula is C15H14BNO3. The maximum absolute atomic E-state index is 9.26. The molecule has 4 nitrogen and oxygen atoms in total. The summed E-state index contributed by atoms with van der Waals surface area (Å²) in [5, 5.41) is 27.3. The van der Waals surface area contributed by atoms with Gasteiger partial charge in [-0.3, -0.25) is 0 Å². The third-order valence-electron chi connectivity index (χ3n) is 3.05. The highest BCUT2D eigenvalue weighted by molar-refractivity contribution is 6.59. The van der Waals surface area contributed by atoms with Crippen molar-refractivity contribution in [3.05, 3.63) is 59.2 Å². The van der Waals surface area contributed by atoms with Crippen molar-refractivity contribution in [2.45, 2.75) is 13.5 Å². The number of nitrogens with zero attached hydrogens (tertiary/aromatic N) is 1. The van der Waals surface area contributed by atoms with E-state index in [1.807, 2.05) is 13.0 Å². The molecule has 0 spiro atoms. The molecule has 2 aromatic carbocycles. The standard InChI is InChI=1S/C15H14BNO3/c1-11-8-12(9-17)6-7-13(11)10-20-15-5-3-2-4-14(15)16(18)19/h2-8,18-19H,10H2,1H3. The summed E-state index contributed by atoms with van der Waals surface area (Å²) in [5.41, 5.74) is 2.86. The van der Waals surface area contributed by atoms with Gasteiger partial charge < -0.3 is 14.8 Å². The number of benzene rings is 2. The zero-order valence-corrected chi connectivity index (χ0v) is 11.1. The highest BCUT2D eigenvalue weighted by Gasteiger charge is 2.16. The van der Waals surface area contributed by atoms with E-state index in [0.29, 0.717) is 23.4 Å². The first kappa shape index (κ1) is 14.1. The monoisotopic (exact) mass is 267 g/mol. The van der Waals surface area contributed by atoms with Gasteiger partial charge in [-0.15, -0.1) is 0 Å². The Bertz CT molecular complexity index is 650. The molecule has 0 aliphatic heterocycles. The lowest BCUT2D eigenvalue weighted by Gasteiger charge is -2.12. The van der Waals surface area contributed by atoms with Crippen LogP contribution in [0.2, 0.25) is 0 Å². The van der Waals surface area contributed by atoms with Crippen molar-refractivity contribution >= 4 is 12.6 Å². The average molecular weight is 267 g/mol. The molecule has 0 aliphatic carbocycles. The van der Waals surface area contributed by atoms with Gasteiger partial charge in [0.25, 0.3) is 0 Å². The molecule has 0 saturated heterocycles. The molecule has 0 amide bonds. The Kier molecular flexibility index (Phi) is 4.41. The summed E-state index contributed by atoms with van der Waals surface area (Å²) < 4.78 is 5.64. The van der Waals surface area contributed by atoms with Crippen molar-refractivity contribution < 1.29 is 14.8 Å². The van der Waals surface area contributed by atoms with Crippen molar-refractivity contribution in [3.8, 4) is 11.8 Å². The predicted molar refractivity (Wildman–Crippen MR) is 76.5 cm³/mol. The van der Waals surface area contributed by atoms with Gasteiger partial charge in [0.2, 0.25) is 0 Å². The second-order valence-electron chi connectivity index (χ2n) is 4.45. The van der Waals surface area contributed by atoms with Gasteiger partial charge in [0.1, 0.15) is 12.4 Å². The fourth-order valence-corrected chi connectivity index (χ4v) is 1.91. The summed E-state index contributed by atoms with van der Waals surface area (Å²) in [6.45, 7) is 2.22. The molecule has 0 aliphatic rings. The molecule has 0 radical (unpaired) electrons. The number of para-hydroxylation sites is 1. The summed E-state index contributed by atoms with van der Waals surface area (Å²) in [5.74, 6) is 0.436. The van der Waals surface area contributed by atoms with Crippen LogP contribution in [0.1, 0.15) is 16.7 Å². The molecule has 5 heteroatoms. The van der Waals surface area contributed by atoms with E-state index in [-0.39, 0.29) is 0 Å². The van der Waals surface area contributed by atoms with Crippen LogP contribution in [0.15, 0.2) is 42.5 Å². The number of aryl methyl sites for hydroxylation is 1. The molecule has 0 unspecified atom stereocenters. The third-order valence-corrected chi connectivity index (χ3v) is 3.05. The van der Waals surface area contributed by atoms with Gasteiger partial charge in [0, 0.05) is 5.46 Å². The van der Waals surface area contributed by atoms with E-state index in [4.69, 9.17) is 10.00 Å². The number of hydrogen-bond acceptors (Lipinski definition) is 4. The van der Waals surface area contributed by atoms with Gasteiger partial charge in [0.05, 0.1) is 11.6 Å². The van der Waals surface area contributed by atoms with Crippen molar-refractivity contribution in [2.75, 3.05) is 0 Å². The second kappa shape index (κ2) is 6.24. The minimum absolute atomic E-state index is 0.307. The molecular weight excluding hydrogens is 253 g/mol. The third kappa shape index (κ3) is 3.18. The van der Waals surface area contributed by atoms with Gasteiger partial charge >= 0.3 is 7.12 Å². The molecule has 0 atom stereocenters. The lowest BCUT2D eigenvalue weighted by atomic mass is 9.79. The lowest BCUT2D eigenvalue weighted by molar-refractivity contribution is 0.306. The van der Waals surface area contributed by atoms with Gasteiger partial charge in [0.15, 0.2) is 0 Å². The molecule has 2 aromatic rings. The van der Waals surface area contributed by atoms with E-state index < -0.39 is 7.12 Å². The summed E-state index contributed by atoms with van der Waals surface area (Å²) in [6.07, 6.45) is 0. The predicted octanol–water partition coefficient (Wildman–Crippen LogP) is 1.13. The van der Waals surface area contributed by atoms with Crippen LogP contribution in [0.5, 0.6) is 5.75 Å². The fraction of sp³-hybridized carbons (Fsp3) is 0.133. The normalized spacial score (nSPS) is 9.90. The molecule has 0 aromatic heterocycles. The number of hydrogen-bond donors (Lipinski definition) is 2. The average Bonchev–Trinajstić information content (AvgIpc) is 2.46. The van der Waals surface area contributed by atoms with Gasteiger partial charge in [-0.25, -0.2) is 0 Å². The summed E-state index contributed by atoms with van der Waals surface area (Å²) >= 11 is 0. The Balaban J connectivity index is 2.15. The Morgan fingerprint density at radius 1 is 1.20 bits per heavy atom. The molecule has 2 rings (SSSR count).